The molecule has 0 fully saturated rings. The van der Waals surface area contributed by atoms with E-state index in [-0.39, 0.29) is 5.91 Å². The highest BCUT2D eigenvalue weighted by molar-refractivity contribution is 7.15. The van der Waals surface area contributed by atoms with Crippen molar-refractivity contribution in [3.05, 3.63) is 40.9 Å². The highest BCUT2D eigenvalue weighted by Crippen LogP contribution is 2.27. The molecule has 1 N–H and O–H groups in total. The highest BCUT2D eigenvalue weighted by atomic mass is 32.1. The monoisotopic (exact) mass is 274 g/mol. The first-order valence-corrected chi connectivity index (χ1v) is 7.20. The molecule has 0 aliphatic carbocycles. The molecule has 1 heterocycles. The normalized spacial score (nSPS) is 10.7. The number of carbonyl (C=O) groups is 1. The number of aromatic nitrogens is 1. The third-order valence-electron chi connectivity index (χ3n) is 2.70. The molecule has 0 atom stereocenters. The first-order chi connectivity index (χ1) is 9.08. The maximum absolute atomic E-state index is 12.0. The van der Waals surface area contributed by atoms with E-state index in [4.69, 9.17) is 0 Å². The molecule has 0 aliphatic rings. The van der Waals surface area contributed by atoms with Crippen LogP contribution in [0.25, 0.3) is 10.6 Å². The zero-order valence-electron chi connectivity index (χ0n) is 11.4. The Morgan fingerprint density at radius 3 is 2.63 bits per heavy atom. The molecule has 3 nitrogen and oxygen atoms in total. The summed E-state index contributed by atoms with van der Waals surface area (Å²) in [5.74, 6) is 0.362. The minimum absolute atomic E-state index is 0.0790. The third kappa shape index (κ3) is 3.41. The van der Waals surface area contributed by atoms with E-state index in [9.17, 15) is 4.79 Å². The molecule has 2 rings (SSSR count). The third-order valence-corrected chi connectivity index (χ3v) is 3.72. The Balaban J connectivity index is 2.20. The van der Waals surface area contributed by atoms with E-state index in [0.29, 0.717) is 18.2 Å². The summed E-state index contributed by atoms with van der Waals surface area (Å²) in [6, 6.07) is 9.94. The van der Waals surface area contributed by atoms with Crippen LogP contribution >= 0.6 is 11.3 Å². The molecule has 0 spiro atoms. The molecule has 1 amide bonds. The van der Waals surface area contributed by atoms with Crippen molar-refractivity contribution >= 4 is 17.2 Å². The van der Waals surface area contributed by atoms with Gasteiger partial charge in [-0.2, -0.15) is 0 Å². The molecule has 1 aromatic carbocycles. The Bertz CT molecular complexity index is 561. The Hall–Kier alpha value is -1.68. The summed E-state index contributed by atoms with van der Waals surface area (Å²) in [7, 11) is 0. The number of amides is 1. The van der Waals surface area contributed by atoms with E-state index in [1.807, 2.05) is 37.3 Å². The van der Waals surface area contributed by atoms with Crippen molar-refractivity contribution < 1.29 is 4.79 Å². The number of hydrogen-bond acceptors (Lipinski definition) is 3. The lowest BCUT2D eigenvalue weighted by atomic mass is 10.2. The van der Waals surface area contributed by atoms with E-state index in [1.165, 1.54) is 0 Å². The van der Waals surface area contributed by atoms with Crippen LogP contribution in [-0.4, -0.2) is 17.4 Å². The van der Waals surface area contributed by atoms with Crippen LogP contribution in [-0.2, 0) is 0 Å². The zero-order chi connectivity index (χ0) is 13.8. The summed E-state index contributed by atoms with van der Waals surface area (Å²) < 4.78 is 0. The summed E-state index contributed by atoms with van der Waals surface area (Å²) in [4.78, 5) is 17.5. The van der Waals surface area contributed by atoms with Crippen LogP contribution in [0, 0.1) is 12.8 Å². The van der Waals surface area contributed by atoms with Crippen LogP contribution in [0.3, 0.4) is 0 Å². The lowest BCUT2D eigenvalue weighted by molar-refractivity contribution is 0.0944. The van der Waals surface area contributed by atoms with Gasteiger partial charge in [0, 0.05) is 17.0 Å². The maximum atomic E-state index is 12.0. The van der Waals surface area contributed by atoms with Crippen molar-refractivity contribution in [2.45, 2.75) is 20.8 Å². The Morgan fingerprint density at radius 1 is 1.32 bits per heavy atom. The fourth-order valence-corrected chi connectivity index (χ4v) is 2.61. The van der Waals surface area contributed by atoms with Gasteiger partial charge in [0.15, 0.2) is 0 Å². The molecule has 1 aromatic heterocycles. The Kier molecular flexibility index (Phi) is 4.32. The van der Waals surface area contributed by atoms with Gasteiger partial charge in [-0.3, -0.25) is 4.79 Å². The molecule has 0 unspecified atom stereocenters. The van der Waals surface area contributed by atoms with E-state index >= 15 is 0 Å². The first-order valence-electron chi connectivity index (χ1n) is 6.39. The van der Waals surface area contributed by atoms with Crippen molar-refractivity contribution in [3.63, 3.8) is 0 Å². The number of aryl methyl sites for hydroxylation is 1. The molecule has 4 heteroatoms. The van der Waals surface area contributed by atoms with Gasteiger partial charge in [-0.05, 0) is 12.8 Å². The number of thiazole rings is 1. The van der Waals surface area contributed by atoms with E-state index in [0.717, 1.165) is 15.4 Å². The number of benzene rings is 1. The number of nitrogens with zero attached hydrogens (tertiary/aromatic N) is 1. The molecular formula is C15H18N2OS. The quantitative estimate of drug-likeness (QED) is 0.927. The van der Waals surface area contributed by atoms with Crippen molar-refractivity contribution in [3.8, 4) is 10.6 Å². The van der Waals surface area contributed by atoms with Crippen molar-refractivity contribution in [1.82, 2.24) is 10.3 Å². The second kappa shape index (κ2) is 5.97. The smallest absolute Gasteiger partial charge is 0.271 e. The van der Waals surface area contributed by atoms with Crippen LogP contribution in [0.15, 0.2) is 30.3 Å². The average molecular weight is 274 g/mol. The zero-order valence-corrected chi connectivity index (χ0v) is 12.3. The molecule has 100 valence electrons. The van der Waals surface area contributed by atoms with E-state index < -0.39 is 0 Å². The van der Waals surface area contributed by atoms with Gasteiger partial charge < -0.3 is 5.32 Å². The van der Waals surface area contributed by atoms with Crippen LogP contribution in [0.2, 0.25) is 0 Å². The molecule has 0 saturated carbocycles. The lowest BCUT2D eigenvalue weighted by Crippen LogP contribution is -2.28. The largest absolute Gasteiger partial charge is 0.350 e. The summed E-state index contributed by atoms with van der Waals surface area (Å²) >= 11 is 1.56. The maximum Gasteiger partial charge on any atom is 0.271 e. The summed E-state index contributed by atoms with van der Waals surface area (Å²) in [6.45, 7) is 6.76. The minimum Gasteiger partial charge on any atom is -0.350 e. The number of rotatable bonds is 4. The van der Waals surface area contributed by atoms with E-state index in [1.54, 1.807) is 11.3 Å². The molecule has 0 bridgehead atoms. The second-order valence-electron chi connectivity index (χ2n) is 4.89. The number of hydrogen-bond donors (Lipinski definition) is 1. The van der Waals surface area contributed by atoms with Crippen LogP contribution in [0.1, 0.15) is 29.2 Å². The van der Waals surface area contributed by atoms with Crippen LogP contribution in [0.5, 0.6) is 0 Å². The predicted molar refractivity (Wildman–Crippen MR) is 79.5 cm³/mol. The summed E-state index contributed by atoms with van der Waals surface area (Å²) in [5.41, 5.74) is 1.60. The summed E-state index contributed by atoms with van der Waals surface area (Å²) in [6.07, 6.45) is 0. The van der Waals surface area contributed by atoms with Gasteiger partial charge in [-0.15, -0.1) is 11.3 Å². The Morgan fingerprint density at radius 2 is 2.00 bits per heavy atom. The molecule has 0 aliphatic heterocycles. The van der Waals surface area contributed by atoms with Gasteiger partial charge in [0.25, 0.3) is 5.91 Å². The molecule has 0 radical (unpaired) electrons. The minimum atomic E-state index is -0.0790. The van der Waals surface area contributed by atoms with Crippen molar-refractivity contribution in [2.75, 3.05) is 6.54 Å². The molecule has 2 aromatic rings. The second-order valence-corrected chi connectivity index (χ2v) is 6.10. The standard InChI is InChI=1S/C15H18N2OS/c1-10(2)9-16-14(18)13-11(3)19-15(17-13)12-7-5-4-6-8-12/h4-8,10H,9H2,1-3H3,(H,16,18). The number of nitrogens with one attached hydrogen (secondary N) is 1. The van der Waals surface area contributed by atoms with Gasteiger partial charge in [-0.25, -0.2) is 4.98 Å². The van der Waals surface area contributed by atoms with Gasteiger partial charge in [-0.1, -0.05) is 44.2 Å². The molecular weight excluding hydrogens is 256 g/mol. The predicted octanol–water partition coefficient (Wildman–Crippen LogP) is 3.50. The van der Waals surface area contributed by atoms with Crippen molar-refractivity contribution in [2.24, 2.45) is 5.92 Å². The van der Waals surface area contributed by atoms with Crippen LogP contribution < -0.4 is 5.32 Å². The fraction of sp³-hybridized carbons (Fsp3) is 0.333. The first kappa shape index (κ1) is 13.7. The summed E-state index contributed by atoms with van der Waals surface area (Å²) in [5, 5.41) is 3.81. The van der Waals surface area contributed by atoms with Crippen LogP contribution in [0.4, 0.5) is 0 Å². The van der Waals surface area contributed by atoms with Gasteiger partial charge in [0.1, 0.15) is 10.7 Å². The fourth-order valence-electron chi connectivity index (χ4n) is 1.69. The number of carbonyl (C=O) groups excluding carboxylic acids is 1. The average Bonchev–Trinajstić information content (AvgIpc) is 2.79. The topological polar surface area (TPSA) is 42.0 Å². The van der Waals surface area contributed by atoms with E-state index in [2.05, 4.69) is 24.1 Å². The molecule has 19 heavy (non-hydrogen) atoms. The van der Waals surface area contributed by atoms with Crippen molar-refractivity contribution in [1.29, 1.82) is 0 Å². The van der Waals surface area contributed by atoms with Gasteiger partial charge in [0.2, 0.25) is 0 Å². The Labute approximate surface area is 117 Å². The van der Waals surface area contributed by atoms with Gasteiger partial charge in [0.05, 0.1) is 0 Å². The highest BCUT2D eigenvalue weighted by Gasteiger charge is 2.16. The van der Waals surface area contributed by atoms with Gasteiger partial charge >= 0.3 is 0 Å². The lowest BCUT2D eigenvalue weighted by Gasteiger charge is -2.06. The SMILES string of the molecule is Cc1sc(-c2ccccc2)nc1C(=O)NCC(C)C. The molecule has 0 saturated heterocycles.